The number of unbranched alkanes of at least 4 members (excludes halogenated alkanes) is 1. The van der Waals surface area contributed by atoms with Crippen LogP contribution in [0.1, 0.15) is 75.7 Å². The van der Waals surface area contributed by atoms with Crippen LogP contribution in [0.2, 0.25) is 0 Å². The van der Waals surface area contributed by atoms with Crippen molar-refractivity contribution in [1.29, 1.82) is 0 Å². The number of aromatic nitrogens is 1. The molecule has 6 heteroatoms. The van der Waals surface area contributed by atoms with Crippen LogP contribution in [0, 0.1) is 5.92 Å². The van der Waals surface area contributed by atoms with Crippen molar-refractivity contribution >= 4 is 16.8 Å². The third kappa shape index (κ3) is 10.2. The van der Waals surface area contributed by atoms with Crippen LogP contribution in [0.25, 0.3) is 10.9 Å². The van der Waals surface area contributed by atoms with Crippen LogP contribution in [-0.2, 0) is 6.54 Å². The number of amides is 1. The molecule has 1 aliphatic heterocycles. The SMILES string of the molecule is CC.CCCCC(C)CN1CCCC1.COc1ccc(C(=O)N(C)Cc2cnc3ccccc3c2)cc1OC. The number of hydrogen-bond donors (Lipinski definition) is 0. The van der Waals surface area contributed by atoms with Gasteiger partial charge >= 0.3 is 0 Å². The molecule has 0 radical (unpaired) electrons. The summed E-state index contributed by atoms with van der Waals surface area (Å²) in [6.45, 7) is 13.2. The van der Waals surface area contributed by atoms with Crippen molar-refractivity contribution in [3.05, 3.63) is 65.9 Å². The molecule has 1 aromatic heterocycles. The Kier molecular flexibility index (Phi) is 14.4. The molecule has 0 saturated carbocycles. The zero-order valence-electron chi connectivity index (χ0n) is 25.2. The molecule has 0 aliphatic carbocycles. The largest absolute Gasteiger partial charge is 0.493 e. The van der Waals surface area contributed by atoms with E-state index in [0.29, 0.717) is 23.6 Å². The molecule has 1 saturated heterocycles. The molecule has 3 aromatic rings. The Balaban J connectivity index is 0.000000320. The number of nitrogens with zero attached hydrogens (tertiary/aromatic N) is 3. The standard InChI is InChI=1S/C20H20N2O3.C11H23N.C2H6/c1-22(13-14-10-15-6-4-5-7-17(15)21-12-14)20(23)16-8-9-18(24-2)19(11-16)25-3;1-3-4-7-11(2)10-12-8-5-6-9-12;1-2/h4-12H,13H2,1-3H3;11H,3-10H2,1-2H3;1-2H3. The van der Waals surface area contributed by atoms with Crippen LogP contribution in [0.5, 0.6) is 11.5 Å². The highest BCUT2D eigenvalue weighted by Crippen LogP contribution is 2.28. The van der Waals surface area contributed by atoms with Crippen LogP contribution in [0.4, 0.5) is 0 Å². The second kappa shape index (κ2) is 17.5. The van der Waals surface area contributed by atoms with Gasteiger partial charge in [0, 0.05) is 37.3 Å². The van der Waals surface area contributed by atoms with Crippen molar-refractivity contribution in [1.82, 2.24) is 14.8 Å². The van der Waals surface area contributed by atoms with Gasteiger partial charge in [-0.1, -0.05) is 58.7 Å². The van der Waals surface area contributed by atoms with Crippen molar-refractivity contribution in [3.8, 4) is 11.5 Å². The summed E-state index contributed by atoms with van der Waals surface area (Å²) in [5, 5.41) is 1.06. The van der Waals surface area contributed by atoms with Crippen LogP contribution < -0.4 is 9.47 Å². The first-order chi connectivity index (χ1) is 18.9. The Morgan fingerprint density at radius 1 is 1.03 bits per heavy atom. The first-order valence-corrected chi connectivity index (χ1v) is 14.5. The molecular weight excluding hydrogens is 486 g/mol. The van der Waals surface area contributed by atoms with E-state index in [9.17, 15) is 4.79 Å². The predicted octanol–water partition coefficient (Wildman–Crippen LogP) is 7.46. The van der Waals surface area contributed by atoms with E-state index in [4.69, 9.17) is 9.47 Å². The van der Waals surface area contributed by atoms with E-state index >= 15 is 0 Å². The van der Waals surface area contributed by atoms with Crippen molar-refractivity contribution < 1.29 is 14.3 Å². The van der Waals surface area contributed by atoms with Gasteiger partial charge in [0.05, 0.1) is 19.7 Å². The fraction of sp³-hybridized carbons (Fsp3) is 0.515. The number of pyridine rings is 1. The normalized spacial score (nSPS) is 13.5. The summed E-state index contributed by atoms with van der Waals surface area (Å²) in [6, 6.07) is 15.1. The summed E-state index contributed by atoms with van der Waals surface area (Å²) < 4.78 is 10.5. The molecular formula is C33H49N3O3. The van der Waals surface area contributed by atoms with Crippen LogP contribution in [0.15, 0.2) is 54.7 Å². The number of likely N-dealkylation sites (tertiary alicyclic amines) is 1. The van der Waals surface area contributed by atoms with E-state index in [0.717, 1.165) is 22.4 Å². The topological polar surface area (TPSA) is 54.9 Å². The van der Waals surface area contributed by atoms with Gasteiger partial charge in [0.25, 0.3) is 5.91 Å². The summed E-state index contributed by atoms with van der Waals surface area (Å²) in [5.41, 5.74) is 2.48. The van der Waals surface area contributed by atoms with E-state index in [2.05, 4.69) is 29.8 Å². The fourth-order valence-corrected chi connectivity index (χ4v) is 4.79. The van der Waals surface area contributed by atoms with Crippen molar-refractivity contribution in [3.63, 3.8) is 0 Å². The lowest BCUT2D eigenvalue weighted by Crippen LogP contribution is -2.26. The lowest BCUT2D eigenvalue weighted by molar-refractivity contribution is 0.0784. The maximum absolute atomic E-state index is 12.7. The highest BCUT2D eigenvalue weighted by atomic mass is 16.5. The number of hydrogen-bond acceptors (Lipinski definition) is 5. The summed E-state index contributed by atoms with van der Waals surface area (Å²) >= 11 is 0. The van der Waals surface area contributed by atoms with Gasteiger partial charge in [-0.25, -0.2) is 0 Å². The van der Waals surface area contributed by atoms with Gasteiger partial charge in [-0.3, -0.25) is 9.78 Å². The molecule has 2 heterocycles. The molecule has 2 aromatic carbocycles. The Hall–Kier alpha value is -3.12. The number of methoxy groups -OCH3 is 2. The second-order valence-corrected chi connectivity index (χ2v) is 10.0. The fourth-order valence-electron chi connectivity index (χ4n) is 4.79. The van der Waals surface area contributed by atoms with Gasteiger partial charge in [-0.2, -0.15) is 0 Å². The first-order valence-electron chi connectivity index (χ1n) is 14.5. The van der Waals surface area contributed by atoms with Crippen LogP contribution >= 0.6 is 0 Å². The molecule has 1 atom stereocenters. The number of fused-ring (bicyclic) bond motifs is 1. The maximum atomic E-state index is 12.7. The van der Waals surface area contributed by atoms with E-state index in [1.54, 1.807) is 50.6 Å². The van der Waals surface area contributed by atoms with Crippen LogP contribution in [-0.4, -0.2) is 61.6 Å². The van der Waals surface area contributed by atoms with Crippen molar-refractivity contribution in [2.75, 3.05) is 40.9 Å². The molecule has 0 N–H and O–H groups in total. The number of ether oxygens (including phenoxy) is 2. The van der Waals surface area contributed by atoms with Gasteiger partial charge < -0.3 is 19.3 Å². The van der Waals surface area contributed by atoms with Gasteiger partial charge in [-0.15, -0.1) is 0 Å². The molecule has 39 heavy (non-hydrogen) atoms. The van der Waals surface area contributed by atoms with Gasteiger partial charge in [0.1, 0.15) is 0 Å². The molecule has 1 fully saturated rings. The Morgan fingerprint density at radius 3 is 2.38 bits per heavy atom. The number of rotatable bonds is 10. The third-order valence-electron chi connectivity index (χ3n) is 6.86. The minimum absolute atomic E-state index is 0.0888. The van der Waals surface area contributed by atoms with Gasteiger partial charge in [-0.05, 0) is 74.2 Å². The first kappa shape index (κ1) is 32.1. The summed E-state index contributed by atoms with van der Waals surface area (Å²) in [5.74, 6) is 1.96. The molecule has 0 bridgehead atoms. The average Bonchev–Trinajstić information content (AvgIpc) is 3.49. The average molecular weight is 536 g/mol. The molecule has 6 nitrogen and oxygen atoms in total. The Bertz CT molecular complexity index is 1130. The summed E-state index contributed by atoms with van der Waals surface area (Å²) in [6.07, 6.45) is 8.86. The van der Waals surface area contributed by atoms with E-state index in [1.807, 2.05) is 38.1 Å². The monoisotopic (exact) mass is 535 g/mol. The highest BCUT2D eigenvalue weighted by molar-refractivity contribution is 5.94. The Morgan fingerprint density at radius 2 is 1.72 bits per heavy atom. The zero-order chi connectivity index (χ0) is 28.6. The minimum atomic E-state index is -0.0888. The predicted molar refractivity (Wildman–Crippen MR) is 163 cm³/mol. The van der Waals surface area contributed by atoms with E-state index in [-0.39, 0.29) is 5.91 Å². The zero-order valence-corrected chi connectivity index (χ0v) is 25.2. The number of carbonyl (C=O) groups excluding carboxylic acids is 1. The molecule has 4 rings (SSSR count). The number of benzene rings is 2. The summed E-state index contributed by atoms with van der Waals surface area (Å²) in [7, 11) is 4.89. The van der Waals surface area contributed by atoms with Gasteiger partial charge in [0.15, 0.2) is 11.5 Å². The molecule has 1 amide bonds. The number of carbonyl (C=O) groups is 1. The maximum Gasteiger partial charge on any atom is 0.254 e. The second-order valence-electron chi connectivity index (χ2n) is 10.0. The van der Waals surface area contributed by atoms with Crippen LogP contribution in [0.3, 0.4) is 0 Å². The molecule has 0 spiro atoms. The van der Waals surface area contributed by atoms with E-state index < -0.39 is 0 Å². The quantitative estimate of drug-likeness (QED) is 0.270. The summed E-state index contributed by atoms with van der Waals surface area (Å²) in [4.78, 5) is 21.4. The minimum Gasteiger partial charge on any atom is -0.493 e. The molecule has 1 unspecified atom stereocenters. The molecule has 1 aliphatic rings. The van der Waals surface area contributed by atoms with Crippen molar-refractivity contribution in [2.45, 2.75) is 66.3 Å². The number of para-hydroxylation sites is 1. The van der Waals surface area contributed by atoms with Crippen molar-refractivity contribution in [2.24, 2.45) is 5.92 Å². The lowest BCUT2D eigenvalue weighted by atomic mass is 10.0. The van der Waals surface area contributed by atoms with Gasteiger partial charge in [0.2, 0.25) is 0 Å². The molecule has 214 valence electrons. The smallest absolute Gasteiger partial charge is 0.254 e. The van der Waals surface area contributed by atoms with E-state index in [1.165, 1.54) is 51.7 Å². The third-order valence-corrected chi connectivity index (χ3v) is 6.86. The lowest BCUT2D eigenvalue weighted by Gasteiger charge is -2.19. The highest BCUT2D eigenvalue weighted by Gasteiger charge is 2.16. The Labute approximate surface area is 236 Å².